The molecule has 1 atom stereocenters. The number of benzene rings is 1. The number of ether oxygens (including phenoxy) is 1. The molecule has 1 aromatic carbocycles. The number of anilines is 1. The number of rotatable bonds is 6. The van der Waals surface area contributed by atoms with Crippen molar-refractivity contribution in [3.63, 3.8) is 0 Å². The molecular weight excluding hydrogens is 313 g/mol. The first-order valence-electron chi connectivity index (χ1n) is 7.55. The molecule has 0 N–H and O–H groups in total. The van der Waals surface area contributed by atoms with Crippen LogP contribution in [0.25, 0.3) is 0 Å². The normalized spacial score (nSPS) is 18.2. The molecular formula is C15H19F3N2O3. The number of nitro benzene ring substituents is 1. The third-order valence-corrected chi connectivity index (χ3v) is 3.78. The van der Waals surface area contributed by atoms with Crippen molar-refractivity contribution in [3.8, 4) is 0 Å². The topological polar surface area (TPSA) is 55.6 Å². The van der Waals surface area contributed by atoms with Crippen molar-refractivity contribution in [1.29, 1.82) is 0 Å². The van der Waals surface area contributed by atoms with Gasteiger partial charge in [0.05, 0.1) is 16.6 Å². The highest BCUT2D eigenvalue weighted by Crippen LogP contribution is 2.37. The minimum absolute atomic E-state index is 0.0385. The molecule has 1 unspecified atom stereocenters. The standard InChI is InChI=1S/C15H19F3N2O3/c1-2-7-19(10-12-4-3-8-23-12)13-6-5-11(15(16,17)18)9-14(13)20(21)22/h5-6,9,12H,2-4,7-8,10H2,1H3. The van der Waals surface area contributed by atoms with Crippen LogP contribution in [0.5, 0.6) is 0 Å². The van der Waals surface area contributed by atoms with Crippen LogP contribution in [0.3, 0.4) is 0 Å². The maximum atomic E-state index is 12.8. The molecule has 5 nitrogen and oxygen atoms in total. The van der Waals surface area contributed by atoms with Gasteiger partial charge in [-0.05, 0) is 31.4 Å². The lowest BCUT2D eigenvalue weighted by molar-refractivity contribution is -0.384. The van der Waals surface area contributed by atoms with Crippen LogP contribution in [-0.4, -0.2) is 30.7 Å². The summed E-state index contributed by atoms with van der Waals surface area (Å²) in [6.45, 7) is 3.53. The van der Waals surface area contributed by atoms with Crippen molar-refractivity contribution in [2.75, 3.05) is 24.6 Å². The third kappa shape index (κ3) is 4.34. The SMILES string of the molecule is CCCN(CC1CCCO1)c1ccc(C(F)(F)F)cc1[N+](=O)[O-]. The zero-order valence-corrected chi connectivity index (χ0v) is 12.8. The first kappa shape index (κ1) is 17.5. The van der Waals surface area contributed by atoms with Crippen LogP contribution in [0.15, 0.2) is 18.2 Å². The van der Waals surface area contributed by atoms with E-state index in [4.69, 9.17) is 4.74 Å². The summed E-state index contributed by atoms with van der Waals surface area (Å²) in [5.74, 6) is 0. The quantitative estimate of drug-likeness (QED) is 0.583. The molecule has 0 aromatic heterocycles. The van der Waals surface area contributed by atoms with E-state index in [2.05, 4.69) is 0 Å². The molecule has 1 fully saturated rings. The van der Waals surface area contributed by atoms with Crippen LogP contribution in [0.2, 0.25) is 0 Å². The molecule has 0 bridgehead atoms. The fourth-order valence-corrected chi connectivity index (χ4v) is 2.73. The second kappa shape index (κ2) is 7.16. The molecule has 23 heavy (non-hydrogen) atoms. The van der Waals surface area contributed by atoms with Crippen molar-refractivity contribution < 1.29 is 22.8 Å². The summed E-state index contributed by atoms with van der Waals surface area (Å²) in [5.41, 5.74) is -1.33. The minimum Gasteiger partial charge on any atom is -0.376 e. The van der Waals surface area contributed by atoms with Crippen molar-refractivity contribution in [2.45, 2.75) is 38.5 Å². The van der Waals surface area contributed by atoms with Gasteiger partial charge in [-0.3, -0.25) is 10.1 Å². The minimum atomic E-state index is -4.60. The van der Waals surface area contributed by atoms with Gasteiger partial charge in [-0.1, -0.05) is 6.92 Å². The van der Waals surface area contributed by atoms with E-state index in [1.54, 1.807) is 4.90 Å². The average Bonchev–Trinajstić information content (AvgIpc) is 2.98. The van der Waals surface area contributed by atoms with Crippen LogP contribution in [0.1, 0.15) is 31.7 Å². The predicted molar refractivity (Wildman–Crippen MR) is 79.6 cm³/mol. The van der Waals surface area contributed by atoms with Gasteiger partial charge in [0.15, 0.2) is 0 Å². The Bertz CT molecular complexity index is 557. The van der Waals surface area contributed by atoms with Crippen molar-refractivity contribution >= 4 is 11.4 Å². The molecule has 0 amide bonds. The van der Waals surface area contributed by atoms with Gasteiger partial charge in [0, 0.05) is 25.8 Å². The van der Waals surface area contributed by atoms with Crippen LogP contribution in [0, 0.1) is 10.1 Å². The Kier molecular flexibility index (Phi) is 5.46. The Labute approximate surface area is 132 Å². The van der Waals surface area contributed by atoms with Crippen LogP contribution in [0.4, 0.5) is 24.5 Å². The number of hydrogen-bond acceptors (Lipinski definition) is 4. The first-order chi connectivity index (χ1) is 10.8. The summed E-state index contributed by atoms with van der Waals surface area (Å²) in [6.07, 6.45) is -2.13. The van der Waals surface area contributed by atoms with Gasteiger partial charge < -0.3 is 9.64 Å². The van der Waals surface area contributed by atoms with E-state index in [1.807, 2.05) is 6.92 Å². The van der Waals surface area contributed by atoms with Gasteiger partial charge >= 0.3 is 6.18 Å². The molecule has 1 aliphatic rings. The molecule has 1 heterocycles. The average molecular weight is 332 g/mol. The summed E-state index contributed by atoms with van der Waals surface area (Å²) in [5, 5.41) is 11.2. The zero-order chi connectivity index (χ0) is 17.0. The van der Waals surface area contributed by atoms with Gasteiger partial charge in [-0.15, -0.1) is 0 Å². The summed E-state index contributed by atoms with van der Waals surface area (Å²) < 4.78 is 43.9. The molecule has 0 spiro atoms. The predicted octanol–water partition coefficient (Wildman–Crippen LogP) is 4.01. The van der Waals surface area contributed by atoms with Gasteiger partial charge in [0.1, 0.15) is 5.69 Å². The molecule has 1 saturated heterocycles. The Balaban J connectivity index is 2.34. The van der Waals surface area contributed by atoms with Crippen molar-refractivity contribution in [1.82, 2.24) is 0 Å². The number of halogens is 3. The maximum absolute atomic E-state index is 12.8. The fourth-order valence-electron chi connectivity index (χ4n) is 2.73. The summed E-state index contributed by atoms with van der Waals surface area (Å²) in [7, 11) is 0. The van der Waals surface area contributed by atoms with Crippen LogP contribution in [-0.2, 0) is 10.9 Å². The number of hydrogen-bond donors (Lipinski definition) is 0. The molecule has 128 valence electrons. The van der Waals surface area contributed by atoms with Gasteiger partial charge in [0.25, 0.3) is 5.69 Å². The second-order valence-electron chi connectivity index (χ2n) is 5.54. The molecule has 1 aromatic rings. The third-order valence-electron chi connectivity index (χ3n) is 3.78. The number of alkyl halides is 3. The van der Waals surface area contributed by atoms with Crippen LogP contribution >= 0.6 is 0 Å². The summed E-state index contributed by atoms with van der Waals surface area (Å²) >= 11 is 0. The summed E-state index contributed by atoms with van der Waals surface area (Å²) in [4.78, 5) is 12.2. The van der Waals surface area contributed by atoms with Gasteiger partial charge in [-0.25, -0.2) is 0 Å². The van der Waals surface area contributed by atoms with E-state index in [9.17, 15) is 23.3 Å². The molecule has 1 aliphatic heterocycles. The Morgan fingerprint density at radius 1 is 1.43 bits per heavy atom. The molecule has 2 rings (SSSR count). The van der Waals surface area contributed by atoms with E-state index >= 15 is 0 Å². The van der Waals surface area contributed by atoms with Crippen molar-refractivity contribution in [3.05, 3.63) is 33.9 Å². The number of nitrogens with zero attached hydrogens (tertiary/aromatic N) is 2. The molecule has 0 saturated carbocycles. The Morgan fingerprint density at radius 3 is 2.70 bits per heavy atom. The van der Waals surface area contributed by atoms with Crippen LogP contribution < -0.4 is 4.90 Å². The van der Waals surface area contributed by atoms with E-state index in [-0.39, 0.29) is 11.8 Å². The van der Waals surface area contributed by atoms with E-state index in [0.717, 1.165) is 25.3 Å². The lowest BCUT2D eigenvalue weighted by Gasteiger charge is -2.27. The van der Waals surface area contributed by atoms with Gasteiger partial charge in [-0.2, -0.15) is 13.2 Å². The van der Waals surface area contributed by atoms with E-state index in [1.165, 1.54) is 6.07 Å². The lowest BCUT2D eigenvalue weighted by atomic mass is 10.1. The Hall–Kier alpha value is -1.83. The fraction of sp³-hybridized carbons (Fsp3) is 0.600. The monoisotopic (exact) mass is 332 g/mol. The summed E-state index contributed by atoms with van der Waals surface area (Å²) in [6, 6.07) is 2.68. The van der Waals surface area contributed by atoms with Gasteiger partial charge in [0.2, 0.25) is 0 Å². The second-order valence-corrected chi connectivity index (χ2v) is 5.54. The largest absolute Gasteiger partial charge is 0.416 e. The lowest BCUT2D eigenvalue weighted by Crippen LogP contribution is -2.33. The molecule has 8 heteroatoms. The first-order valence-corrected chi connectivity index (χ1v) is 7.55. The van der Waals surface area contributed by atoms with E-state index < -0.39 is 22.4 Å². The maximum Gasteiger partial charge on any atom is 0.416 e. The highest BCUT2D eigenvalue weighted by molar-refractivity contribution is 5.64. The van der Waals surface area contributed by atoms with Crippen molar-refractivity contribution in [2.24, 2.45) is 0 Å². The van der Waals surface area contributed by atoms with E-state index in [0.29, 0.717) is 25.8 Å². The smallest absolute Gasteiger partial charge is 0.376 e. The highest BCUT2D eigenvalue weighted by Gasteiger charge is 2.34. The highest BCUT2D eigenvalue weighted by atomic mass is 19.4. The molecule has 0 aliphatic carbocycles. The Morgan fingerprint density at radius 2 is 2.17 bits per heavy atom. The zero-order valence-electron chi connectivity index (χ0n) is 12.8. The number of nitro groups is 1. The molecule has 0 radical (unpaired) electrons.